The predicted molar refractivity (Wildman–Crippen MR) is 437 cm³/mol. The van der Waals surface area contributed by atoms with Crippen molar-refractivity contribution in [2.75, 3.05) is 70.5 Å². The number of carbonyl (C=O) groups excluding carboxylic acids is 2. The zero-order chi connectivity index (χ0) is 90.2. The molecule has 690 valence electrons. The van der Waals surface area contributed by atoms with Crippen molar-refractivity contribution >= 4 is 118 Å². The molecular weight excluding hydrogens is 1820 g/mol. The van der Waals surface area contributed by atoms with Gasteiger partial charge in [-0.15, -0.1) is 9.42 Å². The van der Waals surface area contributed by atoms with E-state index in [1.165, 1.54) is 14.0 Å². The molecule has 6 aliphatic heterocycles. The molecule has 2 bridgehead atoms. The Morgan fingerprint density at radius 1 is 0.669 bits per heavy atom. The lowest BCUT2D eigenvalue weighted by Crippen LogP contribution is -2.34. The summed E-state index contributed by atoms with van der Waals surface area (Å²) in [4.78, 5) is 119. The van der Waals surface area contributed by atoms with Gasteiger partial charge in [0.05, 0.1) is 96.3 Å². The van der Waals surface area contributed by atoms with E-state index in [9.17, 15) is 70.6 Å². The molecule has 2 amide bonds. The van der Waals surface area contributed by atoms with Gasteiger partial charge in [-0.2, -0.15) is 5.26 Å². The summed E-state index contributed by atoms with van der Waals surface area (Å²) < 4.78 is 207. The van der Waals surface area contributed by atoms with Crippen LogP contribution in [0.2, 0.25) is 0 Å². The predicted octanol–water partition coefficient (Wildman–Crippen LogP) is 9.19. The summed E-state index contributed by atoms with van der Waals surface area (Å²) in [5.74, 6) is -4.65. The topological polar surface area (TPSA) is 612 Å². The minimum absolute atomic E-state index is 0. The van der Waals surface area contributed by atoms with Gasteiger partial charge in [0, 0.05) is 63.2 Å². The third-order valence-corrected chi connectivity index (χ3v) is 24.8. The Morgan fingerprint density at radius 3 is 1.63 bits per heavy atom. The van der Waals surface area contributed by atoms with Crippen LogP contribution in [0.1, 0.15) is 102 Å². The standard InChI is InChI=1S/C32H31F2N9O12P2.C29H28F2N8O12P2.C5H10ClO3P.C2H6O.CH5N.2CH4/c1-16-19(11-44)52-32(42-10-18(33)21-27(42)37-14-39-30(21)46)24(16)55-57(49,50-9-5-8-35)51-12-20-25(54-56(47)48)22(34)31(53-20)43-15-40-23-26(36-13-38-28(23)43)41-29(45)17-6-3-2-4-7-17;1-13-16-8-46-53(44,45)51-22-17(9-47-52(42,43)50-21(13)29(48-16)38-7-15(30)18-24(38)33-11-35-27(18)41)49-28(19(22)31)39-12-36-20-23(32-10-34-25(20)39)37-26(40)14-5-3-2-4-6-14;1-5(2)3-8-10(6,7)9-4-5;1-2-3;1-2;;/h2-4,6-7,10,13-16,19-20,22,24-25,31-32,44H,5,9,11-12H2,1H3,(H2-,36,37,38,39,41,45,46,47,48);2-7,10-13,16-17,19,21-22,28-29H,8-9H2,1H3,(H,42,43)(H,44,45)(H,33,35,41)(H,32,34,37,40);3-4H2,1-2H3;3H,2H2,1H3;2H2,1H3;2*1H4/p+1/t16-,19-,20-,22-,24-,25-,31-,32-,57?;13-,16-,17-,19-,21-,22-,28-,29-;;;;;/m11...../s1. The number of phosphoric ester groups is 3. The molecule has 0 aliphatic carbocycles. The minimum atomic E-state index is -5.14. The van der Waals surface area contributed by atoms with Crippen molar-refractivity contribution in [1.29, 1.82) is 5.26 Å². The van der Waals surface area contributed by atoms with Gasteiger partial charge in [0.15, 0.2) is 100 Å². The highest BCUT2D eigenvalue weighted by Crippen LogP contribution is 2.60. The number of nitriles is 1. The minimum Gasteiger partial charge on any atom is -0.397 e. The highest BCUT2D eigenvalue weighted by molar-refractivity contribution is 7.81. The Morgan fingerprint density at radius 2 is 1.14 bits per heavy atom. The van der Waals surface area contributed by atoms with Crippen molar-refractivity contribution in [2.45, 2.75) is 142 Å². The van der Waals surface area contributed by atoms with Gasteiger partial charge in [-0.1, -0.05) is 78.9 Å². The molecule has 2 aromatic carbocycles. The number of phosphoric acid groups is 3. The van der Waals surface area contributed by atoms with Gasteiger partial charge in [0.25, 0.3) is 22.9 Å². The van der Waals surface area contributed by atoms with Gasteiger partial charge in [-0.05, 0) is 38.2 Å². The number of imidazole rings is 2. The molecule has 0 radical (unpaired) electrons. The van der Waals surface area contributed by atoms with Crippen molar-refractivity contribution in [2.24, 2.45) is 23.0 Å². The zero-order valence-corrected chi connectivity index (χ0v) is 71.4. The molecule has 56 heteroatoms. The van der Waals surface area contributed by atoms with Crippen molar-refractivity contribution in [3.63, 3.8) is 0 Å². The number of aliphatic hydroxyl groups excluding tert-OH is 2. The number of halogens is 5. The van der Waals surface area contributed by atoms with Crippen LogP contribution in [0.5, 0.6) is 0 Å². The Hall–Kier alpha value is -8.96. The van der Waals surface area contributed by atoms with Gasteiger partial charge in [-0.25, -0.2) is 75.7 Å². The van der Waals surface area contributed by atoms with E-state index in [0.717, 1.165) is 68.6 Å². The quantitative estimate of drug-likeness (QED) is 0.0205. The maximum atomic E-state index is 16.3. The molecule has 14 heterocycles. The van der Waals surface area contributed by atoms with Gasteiger partial charge >= 0.3 is 38.7 Å². The fourth-order valence-electron chi connectivity index (χ4n) is 13.5. The van der Waals surface area contributed by atoms with E-state index in [1.807, 2.05) is 19.9 Å². The number of nitrogens with one attached hydrogen (secondary N) is 4. The molecule has 16 rings (SSSR count). The number of alkyl halides is 2. The van der Waals surface area contributed by atoms with Crippen LogP contribution in [0.25, 0.3) is 44.4 Å². The van der Waals surface area contributed by atoms with Crippen LogP contribution in [0.3, 0.4) is 0 Å². The highest BCUT2D eigenvalue weighted by atomic mass is 35.7. The fraction of sp³-hybridized carbons (Fsp3) is 0.479. The lowest BCUT2D eigenvalue weighted by atomic mass is 9.97. The molecule has 6 fully saturated rings. The summed E-state index contributed by atoms with van der Waals surface area (Å²) in [5, 5.41) is 31.2. The van der Waals surface area contributed by atoms with Crippen LogP contribution in [-0.4, -0.2) is 226 Å². The number of anilines is 2. The lowest BCUT2D eigenvalue weighted by molar-refractivity contribution is -0.0669. The molecular formula is C71H89ClF4N18O28P5+. The van der Waals surface area contributed by atoms with E-state index >= 15 is 8.78 Å². The molecule has 0 spiro atoms. The third kappa shape index (κ3) is 22.9. The summed E-state index contributed by atoms with van der Waals surface area (Å²) in [6.07, 6.45) is -14.4. The number of fused-ring (bicyclic) bond motifs is 7. The SMILES string of the molecule is C.C.CC1(C)COP(=O)(Cl)OC1.CCO.CN.C[C@H]1[C@@H](OP(=O)(OCCC#N)OC[C@H]2O[C@@H](n3cnc4c(NC(=O)c5ccccc5)ncnc43)[C@H](F)[C@@H]2O[P+](=O)O)[C@H](n2cc(F)c3c(=O)[nH]cnc32)O[C@@H]1CO.C[C@H]1[C@H]2OP(=O)(O)OC[C@H]3O[C@@H](n4cnc5c(NC(=O)c6ccccc6)ncnc54)[C@H](F)[C@@H]3OP(=O)(O)OC[C@H]1O[C@H]2n1cc(F)c2c(=O)[nH]cnc21. The van der Waals surface area contributed by atoms with Gasteiger partial charge in [0.2, 0.25) is 0 Å². The summed E-state index contributed by atoms with van der Waals surface area (Å²) in [6, 6.07) is 18.3. The number of aliphatic hydroxyl groups is 2. The summed E-state index contributed by atoms with van der Waals surface area (Å²) >= 11 is 5.31. The van der Waals surface area contributed by atoms with Crippen LogP contribution in [-0.2, 0) is 87.0 Å². The highest BCUT2D eigenvalue weighted by Gasteiger charge is 2.57. The summed E-state index contributed by atoms with van der Waals surface area (Å²) in [7, 11) is -17.0. The van der Waals surface area contributed by atoms with E-state index in [4.69, 9.17) is 85.8 Å². The maximum Gasteiger partial charge on any atom is 0.695 e. The molecule has 0 saturated carbocycles. The number of hydrogen-bond acceptors (Lipinski definition) is 35. The normalized spacial score (nSPS) is 28.3. The molecule has 20 atom stereocenters. The first kappa shape index (κ1) is 100. The van der Waals surface area contributed by atoms with Gasteiger partial charge in [0.1, 0.15) is 53.9 Å². The van der Waals surface area contributed by atoms with E-state index in [0.29, 0.717) is 24.3 Å². The average molecular weight is 1910 g/mol. The number of rotatable bonds is 19. The summed E-state index contributed by atoms with van der Waals surface area (Å²) in [5.41, 5.74) is 3.23. The van der Waals surface area contributed by atoms with Crippen molar-refractivity contribution in [3.8, 4) is 6.07 Å². The van der Waals surface area contributed by atoms with E-state index in [2.05, 4.69) is 66.2 Å². The van der Waals surface area contributed by atoms with Gasteiger partial charge in [-0.3, -0.25) is 69.0 Å². The number of amides is 2. The van der Waals surface area contributed by atoms with Crippen LogP contribution in [0.15, 0.2) is 121 Å². The molecule has 4 unspecified atom stereocenters. The first-order chi connectivity index (χ1) is 59.6. The average Bonchev–Trinajstić information content (AvgIpc) is 1.66. The Balaban J connectivity index is 0.000000225. The fourth-order valence-corrected chi connectivity index (χ4v) is 18.7. The second-order valence-electron chi connectivity index (χ2n) is 28.4. The van der Waals surface area contributed by atoms with E-state index in [-0.39, 0.29) is 78.6 Å². The first-order valence-corrected chi connectivity index (χ1v) is 45.5. The monoisotopic (exact) mass is 1910 g/mol. The number of nitrogens with zero attached hydrogens (tertiary/aromatic N) is 13. The van der Waals surface area contributed by atoms with Crippen LogP contribution in [0, 0.1) is 40.2 Å². The van der Waals surface area contributed by atoms with Crippen molar-refractivity contribution < 1.29 is 139 Å². The molecule has 6 saturated heterocycles. The van der Waals surface area contributed by atoms with E-state index in [1.54, 1.807) is 74.5 Å². The number of ether oxygens (including phenoxy) is 4. The molecule has 10 aromatic rings. The molecule has 46 nitrogen and oxygen atoms in total. The van der Waals surface area contributed by atoms with Crippen LogP contribution < -0.4 is 27.5 Å². The number of nitrogens with two attached hydrogens (primary N) is 1. The van der Waals surface area contributed by atoms with Crippen LogP contribution >= 0.6 is 49.9 Å². The summed E-state index contributed by atoms with van der Waals surface area (Å²) in [6.45, 7) is 3.01. The lowest BCUT2D eigenvalue weighted by Gasteiger charge is -2.30. The largest absolute Gasteiger partial charge is 0.695 e. The van der Waals surface area contributed by atoms with E-state index < -0.39 is 215 Å². The van der Waals surface area contributed by atoms with Crippen LogP contribution in [0.4, 0.5) is 29.2 Å². The second kappa shape index (κ2) is 42.7. The smallest absolute Gasteiger partial charge is 0.397 e. The zero-order valence-electron chi connectivity index (χ0n) is 66.1. The van der Waals surface area contributed by atoms with Crippen molar-refractivity contribution in [1.82, 2.24) is 68.1 Å². The number of aromatic amines is 2. The first-order valence-electron chi connectivity index (χ1n) is 37.5. The number of carbonyl (C=O) groups is 2. The number of benzene rings is 2. The maximum absolute atomic E-state index is 16.3. The molecule has 11 N–H and O–H groups in total. The molecule has 8 aromatic heterocycles. The Kier molecular flexibility index (Phi) is 33.7. The Bertz CT molecular complexity index is 5880. The third-order valence-electron chi connectivity index (χ3n) is 19.5. The molecule has 127 heavy (non-hydrogen) atoms. The van der Waals surface area contributed by atoms with Crippen molar-refractivity contribution in [3.05, 3.63) is 154 Å². The second-order valence-corrected chi connectivity index (χ2v) is 36.1. The number of aromatic nitrogens is 14. The number of hydrogen-bond donors (Lipinski definition) is 10. The van der Waals surface area contributed by atoms with Gasteiger partial charge < -0.3 is 74.4 Å². The Labute approximate surface area is 723 Å². The number of H-pyrrole nitrogens is 2. The molecule has 6 aliphatic rings.